The second kappa shape index (κ2) is 12.7. The van der Waals surface area contributed by atoms with E-state index in [-0.39, 0.29) is 40.8 Å². The Balaban J connectivity index is 1.20. The van der Waals surface area contributed by atoms with Gasteiger partial charge in [-0.3, -0.25) is 9.59 Å². The molecule has 1 aromatic heterocycles. The quantitative estimate of drug-likeness (QED) is 0.254. The number of fused-ring (bicyclic) bond motifs is 2. The topological polar surface area (TPSA) is 193 Å². The third kappa shape index (κ3) is 5.45. The number of pyridine rings is 1. The molecule has 256 valence electrons. The van der Waals surface area contributed by atoms with Crippen LogP contribution in [0.5, 0.6) is 5.75 Å². The molecule has 0 bridgehead atoms. The molecule has 3 fully saturated rings. The Hall–Kier alpha value is -3.61. The van der Waals surface area contributed by atoms with E-state index in [0.717, 1.165) is 56.1 Å². The molecule has 7 atom stereocenters. The van der Waals surface area contributed by atoms with Gasteiger partial charge in [0.15, 0.2) is 11.6 Å². The molecule has 1 saturated heterocycles. The van der Waals surface area contributed by atoms with Crippen molar-refractivity contribution in [2.24, 2.45) is 17.8 Å². The number of rotatable bonds is 7. The van der Waals surface area contributed by atoms with Gasteiger partial charge in [-0.15, -0.1) is 0 Å². The van der Waals surface area contributed by atoms with Crippen LogP contribution in [0.4, 0.5) is 5.82 Å². The number of anilines is 1. The maximum atomic E-state index is 14.1. The first kappa shape index (κ1) is 32.9. The van der Waals surface area contributed by atoms with Crippen LogP contribution in [0.15, 0.2) is 60.0 Å². The van der Waals surface area contributed by atoms with Crippen LogP contribution in [0.2, 0.25) is 0 Å². The molecule has 1 aromatic carbocycles. The second-order valence-corrected chi connectivity index (χ2v) is 14.3. The summed E-state index contributed by atoms with van der Waals surface area (Å²) in [6.45, 7) is -0.687. The number of nitrogens with zero attached hydrogens (tertiary/aromatic N) is 1. The molecule has 48 heavy (non-hydrogen) atoms. The molecule has 2 heterocycles. The molecule has 4 aliphatic carbocycles. The van der Waals surface area contributed by atoms with E-state index in [0.29, 0.717) is 18.7 Å². The zero-order chi connectivity index (χ0) is 33.8. The van der Waals surface area contributed by atoms with Gasteiger partial charge in [0, 0.05) is 11.8 Å². The maximum Gasteiger partial charge on any atom is 0.229 e. The number of hydrogen-bond acceptors (Lipinski definition) is 11. The van der Waals surface area contributed by atoms with Gasteiger partial charge in [-0.25, -0.2) is 4.98 Å². The van der Waals surface area contributed by atoms with E-state index in [9.17, 15) is 35.1 Å². The number of nitrogens with two attached hydrogens (primary N) is 1. The first-order chi connectivity index (χ1) is 23.1. The average Bonchev–Trinajstić information content (AvgIpc) is 3.57. The van der Waals surface area contributed by atoms with E-state index < -0.39 is 59.8 Å². The third-order valence-electron chi connectivity index (χ3n) is 11.5. The predicted molar refractivity (Wildman–Crippen MR) is 174 cm³/mol. The summed E-state index contributed by atoms with van der Waals surface area (Å²) in [5.74, 6) is -2.47. The van der Waals surface area contributed by atoms with E-state index in [1.54, 1.807) is 30.5 Å². The fourth-order valence-corrected chi connectivity index (χ4v) is 9.00. The molecule has 2 aromatic rings. The smallest absolute Gasteiger partial charge is 0.229 e. The molecule has 0 unspecified atom stereocenters. The Morgan fingerprint density at radius 3 is 2.46 bits per heavy atom. The van der Waals surface area contributed by atoms with E-state index in [2.05, 4.69) is 4.98 Å². The Morgan fingerprint density at radius 2 is 1.75 bits per heavy atom. The summed E-state index contributed by atoms with van der Waals surface area (Å²) in [5.41, 5.74) is 4.94. The molecule has 11 nitrogen and oxygen atoms in total. The van der Waals surface area contributed by atoms with Gasteiger partial charge in [-0.2, -0.15) is 0 Å². The molecular weight excluding hydrogens is 616 g/mol. The fourth-order valence-electron chi connectivity index (χ4n) is 9.00. The van der Waals surface area contributed by atoms with Crippen molar-refractivity contribution >= 4 is 17.4 Å². The minimum absolute atomic E-state index is 0.0521. The number of hydrogen-bond donors (Lipinski definition) is 6. The SMILES string of the molecule is Nc1cc(C2(C[C@]3(O)[C@H](O)[C@@H](CO)O[C@@H](Oc4cccc5c4C(=O)[C@@H]4C(O)=CC(C6CCCCC6)=C[C@@H]4C5=O)[C@@H]3O)CCCC2)ccn1. The predicted octanol–water partition coefficient (Wildman–Crippen LogP) is 3.69. The summed E-state index contributed by atoms with van der Waals surface area (Å²) in [5, 5.41) is 56.6. The number of aliphatic hydroxyl groups excluding tert-OH is 4. The zero-order valence-electron chi connectivity index (χ0n) is 26.8. The monoisotopic (exact) mass is 660 g/mol. The number of benzene rings is 1. The lowest BCUT2D eigenvalue weighted by Gasteiger charge is -2.50. The number of ketones is 2. The molecule has 0 spiro atoms. The lowest BCUT2D eigenvalue weighted by molar-refractivity contribution is -0.318. The highest BCUT2D eigenvalue weighted by atomic mass is 16.7. The van der Waals surface area contributed by atoms with Crippen LogP contribution in [-0.4, -0.2) is 78.9 Å². The number of nitrogen functional groups attached to an aromatic ring is 1. The van der Waals surface area contributed by atoms with Crippen molar-refractivity contribution in [2.45, 2.75) is 99.8 Å². The molecule has 7 N–H and O–H groups in total. The summed E-state index contributed by atoms with van der Waals surface area (Å²) >= 11 is 0. The van der Waals surface area contributed by atoms with Crippen molar-refractivity contribution in [3.05, 3.63) is 76.7 Å². The van der Waals surface area contributed by atoms with Crippen LogP contribution in [0, 0.1) is 17.8 Å². The first-order valence-corrected chi connectivity index (χ1v) is 17.1. The minimum Gasteiger partial charge on any atom is -0.511 e. The Morgan fingerprint density at radius 1 is 1.00 bits per heavy atom. The van der Waals surface area contributed by atoms with E-state index in [1.807, 2.05) is 12.1 Å². The maximum absolute atomic E-state index is 14.1. The molecule has 2 saturated carbocycles. The van der Waals surface area contributed by atoms with Gasteiger partial charge in [0.25, 0.3) is 0 Å². The van der Waals surface area contributed by atoms with Crippen molar-refractivity contribution in [3.63, 3.8) is 0 Å². The molecule has 7 rings (SSSR count). The van der Waals surface area contributed by atoms with Crippen molar-refractivity contribution in [1.29, 1.82) is 0 Å². The van der Waals surface area contributed by atoms with Crippen LogP contribution in [0.1, 0.15) is 90.5 Å². The number of carbonyl (C=O) groups excluding carboxylic acids is 2. The summed E-state index contributed by atoms with van der Waals surface area (Å²) in [6, 6.07) is 8.11. The number of allylic oxidation sites excluding steroid dienone is 4. The third-order valence-corrected chi connectivity index (χ3v) is 11.5. The second-order valence-electron chi connectivity index (χ2n) is 14.3. The Kier molecular flexibility index (Phi) is 8.70. The molecular formula is C37H44N2O9. The number of ether oxygens (including phenoxy) is 2. The van der Waals surface area contributed by atoms with Crippen molar-refractivity contribution in [2.75, 3.05) is 12.3 Å². The van der Waals surface area contributed by atoms with Crippen LogP contribution in [0.3, 0.4) is 0 Å². The largest absolute Gasteiger partial charge is 0.511 e. The molecule has 0 radical (unpaired) electrons. The van der Waals surface area contributed by atoms with Gasteiger partial charge in [0.2, 0.25) is 6.29 Å². The summed E-state index contributed by atoms with van der Waals surface area (Å²) < 4.78 is 12.0. The molecule has 1 aliphatic heterocycles. The minimum atomic E-state index is -2.21. The van der Waals surface area contributed by atoms with E-state index >= 15 is 0 Å². The van der Waals surface area contributed by atoms with Crippen LogP contribution in [0.25, 0.3) is 0 Å². The van der Waals surface area contributed by atoms with Gasteiger partial charge in [0.1, 0.15) is 41.2 Å². The van der Waals surface area contributed by atoms with Crippen LogP contribution in [-0.2, 0) is 10.2 Å². The zero-order valence-corrected chi connectivity index (χ0v) is 26.8. The lowest BCUT2D eigenvalue weighted by atomic mass is 9.66. The lowest BCUT2D eigenvalue weighted by Crippen LogP contribution is -2.69. The van der Waals surface area contributed by atoms with Gasteiger partial charge in [-0.05, 0) is 78.8 Å². The van der Waals surface area contributed by atoms with Crippen LogP contribution >= 0.6 is 0 Å². The van der Waals surface area contributed by atoms with E-state index in [4.69, 9.17) is 15.2 Å². The fraction of sp³-hybridized carbons (Fsp3) is 0.541. The van der Waals surface area contributed by atoms with Gasteiger partial charge < -0.3 is 40.7 Å². The number of aliphatic hydroxyl groups is 5. The van der Waals surface area contributed by atoms with Crippen LogP contribution < -0.4 is 10.5 Å². The van der Waals surface area contributed by atoms with Crippen molar-refractivity contribution in [3.8, 4) is 5.75 Å². The Labute approximate surface area is 279 Å². The number of carbonyl (C=O) groups is 2. The summed E-state index contributed by atoms with van der Waals surface area (Å²) in [4.78, 5) is 32.1. The van der Waals surface area contributed by atoms with Gasteiger partial charge in [0.05, 0.1) is 24.0 Å². The van der Waals surface area contributed by atoms with E-state index in [1.165, 1.54) is 6.07 Å². The summed E-state index contributed by atoms with van der Waals surface area (Å²) in [6.07, 6.45) is 6.81. The highest BCUT2D eigenvalue weighted by Gasteiger charge is 2.59. The number of aromatic nitrogens is 1. The molecule has 0 amide bonds. The summed E-state index contributed by atoms with van der Waals surface area (Å²) in [7, 11) is 0. The highest BCUT2D eigenvalue weighted by molar-refractivity contribution is 6.19. The molecule has 5 aliphatic rings. The average molecular weight is 661 g/mol. The van der Waals surface area contributed by atoms with Crippen molar-refractivity contribution < 1.29 is 44.6 Å². The standard InChI is InChI=1S/C37H44N2O9/c38-28-17-22(11-14-39-28)36(12-4-5-13-36)19-37(46)33(44)27(18-40)48-35(34(37)45)47-26-10-6-9-23-30(26)32(43)29-24(31(23)42)15-21(16-25(29)41)20-7-2-1-3-8-20/h6,9-11,14-17,20,24,27,29,33-35,40-41,44-46H,1-5,7-8,12-13,18-19H2,(H2,38,39)/t24-,27+,29-,33+,34-,35+,37-/m0/s1. The van der Waals surface area contributed by atoms with Gasteiger partial charge >= 0.3 is 0 Å². The normalized spacial score (nSPS) is 33.4. The van der Waals surface area contributed by atoms with Crippen molar-refractivity contribution in [1.82, 2.24) is 4.98 Å². The first-order valence-electron chi connectivity index (χ1n) is 17.1. The highest BCUT2D eigenvalue weighted by Crippen LogP contribution is 2.50. The van der Waals surface area contributed by atoms with Gasteiger partial charge in [-0.1, -0.05) is 50.3 Å². The number of Topliss-reactive ketones (excluding diaryl/α,β-unsaturated/α-hetero) is 2. The molecule has 11 heteroatoms. The Bertz CT molecular complexity index is 1640.